The molecule has 3 rings (SSSR count). The second-order valence-electron chi connectivity index (χ2n) is 7.11. The monoisotopic (exact) mass is 442 g/mol. The highest BCUT2D eigenvalue weighted by Crippen LogP contribution is 2.38. The summed E-state index contributed by atoms with van der Waals surface area (Å²) < 4.78 is 21.4. The van der Waals surface area contributed by atoms with E-state index in [2.05, 4.69) is 5.10 Å². The number of ether oxygens (including phenoxy) is 4. The Kier molecular flexibility index (Phi) is 7.19. The fourth-order valence-corrected chi connectivity index (χ4v) is 3.54. The zero-order valence-electron chi connectivity index (χ0n) is 18.5. The summed E-state index contributed by atoms with van der Waals surface area (Å²) in [5.74, 6) is 0.871. The van der Waals surface area contributed by atoms with Crippen LogP contribution in [0.1, 0.15) is 36.4 Å². The zero-order chi connectivity index (χ0) is 23.3. The number of hydrazone groups is 1. The average molecular weight is 442 g/mol. The summed E-state index contributed by atoms with van der Waals surface area (Å²) in [5.41, 5.74) is 2.20. The minimum atomic E-state index is -1.04. The highest BCUT2D eigenvalue weighted by atomic mass is 16.5. The van der Waals surface area contributed by atoms with Gasteiger partial charge in [0.2, 0.25) is 5.91 Å². The maximum atomic E-state index is 12.9. The molecule has 9 heteroatoms. The van der Waals surface area contributed by atoms with Gasteiger partial charge in [-0.25, -0.2) is 5.01 Å². The molecule has 0 spiro atoms. The lowest BCUT2D eigenvalue weighted by molar-refractivity contribution is -0.141. The Hall–Kier alpha value is -3.75. The van der Waals surface area contributed by atoms with Crippen LogP contribution in [-0.2, 0) is 9.59 Å². The third-order valence-electron chi connectivity index (χ3n) is 5.20. The molecule has 0 unspecified atom stereocenters. The van der Waals surface area contributed by atoms with Gasteiger partial charge in [-0.15, -0.1) is 0 Å². The normalized spacial score (nSPS) is 15.2. The number of benzene rings is 2. The number of aliphatic carboxylic acids is 1. The van der Waals surface area contributed by atoms with Gasteiger partial charge < -0.3 is 24.1 Å². The lowest BCUT2D eigenvalue weighted by Crippen LogP contribution is -2.27. The average Bonchev–Trinajstić information content (AvgIpc) is 3.27. The van der Waals surface area contributed by atoms with Crippen molar-refractivity contribution in [1.82, 2.24) is 5.01 Å². The first-order valence-electron chi connectivity index (χ1n) is 9.96. The van der Waals surface area contributed by atoms with E-state index in [-0.39, 0.29) is 18.7 Å². The van der Waals surface area contributed by atoms with Crippen molar-refractivity contribution in [2.45, 2.75) is 25.3 Å². The predicted molar refractivity (Wildman–Crippen MR) is 117 cm³/mol. The molecule has 32 heavy (non-hydrogen) atoms. The zero-order valence-corrected chi connectivity index (χ0v) is 18.5. The van der Waals surface area contributed by atoms with Gasteiger partial charge in [0.15, 0.2) is 11.5 Å². The highest BCUT2D eigenvalue weighted by molar-refractivity contribution is 6.04. The summed E-state index contributed by atoms with van der Waals surface area (Å²) in [5, 5.41) is 14.9. The maximum absolute atomic E-state index is 12.9. The van der Waals surface area contributed by atoms with E-state index in [0.717, 1.165) is 11.1 Å². The van der Waals surface area contributed by atoms with Gasteiger partial charge in [0.05, 0.1) is 46.6 Å². The van der Waals surface area contributed by atoms with Crippen molar-refractivity contribution in [1.29, 1.82) is 0 Å². The van der Waals surface area contributed by atoms with Crippen LogP contribution in [0.15, 0.2) is 41.5 Å². The largest absolute Gasteiger partial charge is 0.497 e. The van der Waals surface area contributed by atoms with Crippen LogP contribution in [0.2, 0.25) is 0 Å². The Bertz CT molecular complexity index is 1010. The molecule has 2 aromatic carbocycles. The lowest BCUT2D eigenvalue weighted by Gasteiger charge is -2.22. The molecular weight excluding hydrogens is 416 g/mol. The molecule has 1 aliphatic rings. The number of methoxy groups -OCH3 is 4. The molecular formula is C23H26N2O7. The number of carbonyl (C=O) groups excluding carboxylic acids is 1. The van der Waals surface area contributed by atoms with Gasteiger partial charge in [0.1, 0.15) is 11.5 Å². The van der Waals surface area contributed by atoms with Crippen LogP contribution < -0.4 is 18.9 Å². The van der Waals surface area contributed by atoms with Crippen molar-refractivity contribution >= 4 is 17.6 Å². The van der Waals surface area contributed by atoms with Crippen LogP contribution in [0.5, 0.6) is 23.0 Å². The summed E-state index contributed by atoms with van der Waals surface area (Å²) in [6, 6.07) is 10.4. The number of nitrogens with zero attached hydrogens (tertiary/aromatic N) is 2. The van der Waals surface area contributed by atoms with Crippen LogP contribution in [0.3, 0.4) is 0 Å². The van der Waals surface area contributed by atoms with E-state index in [9.17, 15) is 9.59 Å². The molecule has 0 bridgehead atoms. The molecule has 1 amide bonds. The number of hydrogen-bond acceptors (Lipinski definition) is 7. The first-order valence-corrected chi connectivity index (χ1v) is 9.96. The third kappa shape index (κ3) is 4.93. The van der Waals surface area contributed by atoms with Gasteiger partial charge in [0, 0.05) is 24.5 Å². The van der Waals surface area contributed by atoms with Gasteiger partial charge in [-0.3, -0.25) is 9.59 Å². The second kappa shape index (κ2) is 10.0. The van der Waals surface area contributed by atoms with Gasteiger partial charge in [0.25, 0.3) is 0 Å². The Balaban J connectivity index is 2.00. The van der Waals surface area contributed by atoms with E-state index in [1.165, 1.54) is 12.1 Å². The van der Waals surface area contributed by atoms with Crippen LogP contribution in [0.25, 0.3) is 0 Å². The summed E-state index contributed by atoms with van der Waals surface area (Å²) in [6.45, 7) is 0. The molecule has 1 aliphatic heterocycles. The first-order chi connectivity index (χ1) is 15.4. The maximum Gasteiger partial charge on any atom is 0.303 e. The second-order valence-corrected chi connectivity index (χ2v) is 7.11. The topological polar surface area (TPSA) is 107 Å². The fourth-order valence-electron chi connectivity index (χ4n) is 3.54. The Labute approximate surface area is 186 Å². The molecule has 170 valence electrons. The van der Waals surface area contributed by atoms with Crippen molar-refractivity contribution in [3.05, 3.63) is 47.5 Å². The van der Waals surface area contributed by atoms with Crippen molar-refractivity contribution in [2.75, 3.05) is 28.4 Å². The van der Waals surface area contributed by atoms with E-state index in [1.54, 1.807) is 39.5 Å². The highest BCUT2D eigenvalue weighted by Gasteiger charge is 2.34. The molecule has 9 nitrogen and oxygen atoms in total. The summed E-state index contributed by atoms with van der Waals surface area (Å²) in [7, 11) is 6.20. The van der Waals surface area contributed by atoms with E-state index >= 15 is 0 Å². The van der Waals surface area contributed by atoms with Crippen molar-refractivity contribution < 1.29 is 33.6 Å². The number of rotatable bonds is 9. The third-order valence-corrected chi connectivity index (χ3v) is 5.20. The molecule has 0 fully saturated rings. The standard InChI is InChI=1S/C23H26N2O7/c1-29-16-9-15(10-17(12-16)30-2)18-13-19(25(24-18)22(26)7-8-23(27)28)14-5-6-20(31-3)21(11-14)32-4/h5-6,9-12,19H,7-8,13H2,1-4H3,(H,27,28)/t19-/m0/s1. The van der Waals surface area contributed by atoms with Crippen LogP contribution in [0.4, 0.5) is 0 Å². The smallest absolute Gasteiger partial charge is 0.303 e. The van der Waals surface area contributed by atoms with Crippen molar-refractivity contribution in [3.8, 4) is 23.0 Å². The molecule has 0 aliphatic carbocycles. The van der Waals surface area contributed by atoms with E-state index in [0.29, 0.717) is 35.1 Å². The molecule has 1 atom stereocenters. The lowest BCUT2D eigenvalue weighted by atomic mass is 9.97. The minimum Gasteiger partial charge on any atom is -0.497 e. The van der Waals surface area contributed by atoms with E-state index in [4.69, 9.17) is 24.1 Å². The van der Waals surface area contributed by atoms with Gasteiger partial charge in [-0.05, 0) is 29.8 Å². The van der Waals surface area contributed by atoms with E-state index < -0.39 is 12.0 Å². The first kappa shape index (κ1) is 22.9. The quantitative estimate of drug-likeness (QED) is 0.635. The molecule has 0 saturated heterocycles. The number of carboxylic acids is 1. The predicted octanol–water partition coefficient (Wildman–Crippen LogP) is 3.26. The summed E-state index contributed by atoms with van der Waals surface area (Å²) >= 11 is 0. The Morgan fingerprint density at radius 1 is 0.938 bits per heavy atom. The number of hydrogen-bond donors (Lipinski definition) is 1. The van der Waals surface area contributed by atoms with Gasteiger partial charge >= 0.3 is 5.97 Å². The summed E-state index contributed by atoms with van der Waals surface area (Å²) in [4.78, 5) is 23.9. The van der Waals surface area contributed by atoms with E-state index in [1.807, 2.05) is 18.2 Å². The molecule has 2 aromatic rings. The Morgan fingerprint density at radius 3 is 2.16 bits per heavy atom. The molecule has 1 heterocycles. The number of carboxylic acid groups (broad SMARTS) is 1. The summed E-state index contributed by atoms with van der Waals surface area (Å²) in [6.07, 6.45) is -0.00618. The van der Waals surface area contributed by atoms with Crippen molar-refractivity contribution in [3.63, 3.8) is 0 Å². The number of carbonyl (C=O) groups is 2. The molecule has 0 radical (unpaired) electrons. The van der Waals surface area contributed by atoms with Gasteiger partial charge in [-0.1, -0.05) is 6.07 Å². The molecule has 1 N–H and O–H groups in total. The van der Waals surface area contributed by atoms with Crippen molar-refractivity contribution in [2.24, 2.45) is 5.10 Å². The minimum absolute atomic E-state index is 0.155. The molecule has 0 aromatic heterocycles. The fraction of sp³-hybridized carbons (Fsp3) is 0.348. The van der Waals surface area contributed by atoms with Crippen LogP contribution >= 0.6 is 0 Å². The SMILES string of the molecule is COc1cc(OC)cc(C2=NN(C(=O)CCC(=O)O)[C@H](c3ccc(OC)c(OC)c3)C2)c1. The van der Waals surface area contributed by atoms with Crippen LogP contribution in [0, 0.1) is 0 Å². The van der Waals surface area contributed by atoms with Gasteiger partial charge in [-0.2, -0.15) is 5.10 Å². The van der Waals surface area contributed by atoms with Crippen LogP contribution in [-0.4, -0.2) is 56.1 Å². The Morgan fingerprint density at radius 2 is 1.59 bits per heavy atom. The molecule has 0 saturated carbocycles. The number of amides is 1.